The highest BCUT2D eigenvalue weighted by Gasteiger charge is 2.31. The van der Waals surface area contributed by atoms with Crippen LogP contribution in [0.15, 0.2) is 97.1 Å². The van der Waals surface area contributed by atoms with Gasteiger partial charge < -0.3 is 35.6 Å². The molecular formula is C56H80FN5O5. The first kappa shape index (κ1) is 54.5. The van der Waals surface area contributed by atoms with Gasteiger partial charge >= 0.3 is 0 Å². The van der Waals surface area contributed by atoms with Gasteiger partial charge in [0.15, 0.2) is 0 Å². The predicted octanol–water partition coefficient (Wildman–Crippen LogP) is 11.4. The van der Waals surface area contributed by atoms with E-state index < -0.39 is 12.2 Å². The van der Waals surface area contributed by atoms with Gasteiger partial charge in [-0.1, -0.05) is 133 Å². The lowest BCUT2D eigenvalue weighted by atomic mass is 9.94. The monoisotopic (exact) mass is 922 g/mol. The number of hydrogen-bond donors (Lipinski definition) is 5. The first-order valence-corrected chi connectivity index (χ1v) is 25.2. The molecule has 4 aromatic rings. The minimum Gasteiger partial charge on any atom is -0.393 e. The molecule has 5 N–H and O–H groups in total. The lowest BCUT2D eigenvalue weighted by molar-refractivity contribution is -0.123. The second-order valence-electron chi connectivity index (χ2n) is 18.4. The number of benzene rings is 3. The number of aromatic nitrogens is 1. The molecule has 0 aliphatic carbocycles. The lowest BCUT2D eigenvalue weighted by Crippen LogP contribution is -2.38. The second-order valence-corrected chi connectivity index (χ2v) is 18.4. The van der Waals surface area contributed by atoms with Crippen molar-refractivity contribution in [1.29, 1.82) is 0 Å². The van der Waals surface area contributed by atoms with Crippen LogP contribution in [0.25, 0.3) is 22.4 Å². The Bertz CT molecular complexity index is 2050. The zero-order chi connectivity index (χ0) is 48.2. The minimum absolute atomic E-state index is 0.0128. The third-order valence-corrected chi connectivity index (χ3v) is 12.2. The summed E-state index contributed by atoms with van der Waals surface area (Å²) in [6, 6.07) is 25.1. The molecule has 0 spiro atoms. The number of carbonyl (C=O) groups excluding carboxylic acids is 3. The summed E-state index contributed by atoms with van der Waals surface area (Å²) < 4.78 is 16.3. The molecule has 0 fully saturated rings. The number of allylic oxidation sites excluding steroid dienone is 2. The SMILES string of the molecule is CCCCCCCCC=CCCCCCCCC(=O)NCCN(C)CCNC(=O)C[C@H](O)C[C@H](O)CCn1c(-c2ccc(F)cc2)c(-c2ccccc2)c(C(=O)Nc2ccccc2)c1C(C)C. The molecule has 0 saturated carbocycles. The Hall–Kier alpha value is -5.10. The van der Waals surface area contributed by atoms with Gasteiger partial charge in [-0.25, -0.2) is 4.39 Å². The highest BCUT2D eigenvalue weighted by molar-refractivity contribution is 6.12. The number of carbonyl (C=O) groups is 3. The van der Waals surface area contributed by atoms with E-state index in [4.69, 9.17) is 0 Å². The number of anilines is 1. The van der Waals surface area contributed by atoms with Crippen molar-refractivity contribution in [3.63, 3.8) is 0 Å². The zero-order valence-electron chi connectivity index (χ0n) is 40.9. The molecule has 11 heteroatoms. The molecule has 10 nitrogen and oxygen atoms in total. The van der Waals surface area contributed by atoms with Crippen LogP contribution in [0.1, 0.15) is 152 Å². The number of halogens is 1. The quantitative estimate of drug-likeness (QED) is 0.0238. The molecule has 67 heavy (non-hydrogen) atoms. The highest BCUT2D eigenvalue weighted by atomic mass is 19.1. The van der Waals surface area contributed by atoms with E-state index in [1.54, 1.807) is 12.1 Å². The van der Waals surface area contributed by atoms with Gasteiger partial charge in [0, 0.05) is 56.1 Å². The molecule has 4 rings (SSSR count). The molecule has 0 saturated heterocycles. The van der Waals surface area contributed by atoms with Crippen molar-refractivity contribution >= 4 is 23.4 Å². The maximum atomic E-state index is 14.3. The molecule has 1 heterocycles. The summed E-state index contributed by atoms with van der Waals surface area (Å²) in [5.74, 6) is -1.02. The number of nitrogens with zero attached hydrogens (tertiary/aromatic N) is 2. The fourth-order valence-corrected chi connectivity index (χ4v) is 8.62. The van der Waals surface area contributed by atoms with Gasteiger partial charge in [0.2, 0.25) is 11.8 Å². The third-order valence-electron chi connectivity index (χ3n) is 12.2. The van der Waals surface area contributed by atoms with Crippen LogP contribution in [0.4, 0.5) is 10.1 Å². The van der Waals surface area contributed by atoms with E-state index in [9.17, 15) is 29.0 Å². The molecule has 0 aliphatic heterocycles. The fraction of sp³-hybridized carbons (Fsp3) is 0.518. The number of likely N-dealkylation sites (N-methyl/N-ethyl adjacent to an activating group) is 1. The molecular weight excluding hydrogens is 842 g/mol. The van der Waals surface area contributed by atoms with Crippen molar-refractivity contribution in [1.82, 2.24) is 20.1 Å². The molecule has 1 aromatic heterocycles. The predicted molar refractivity (Wildman–Crippen MR) is 273 cm³/mol. The Labute approximate surface area is 400 Å². The van der Waals surface area contributed by atoms with Crippen LogP contribution in [0.5, 0.6) is 0 Å². The molecule has 366 valence electrons. The van der Waals surface area contributed by atoms with Crippen LogP contribution in [0.2, 0.25) is 0 Å². The van der Waals surface area contributed by atoms with Crippen molar-refractivity contribution in [2.24, 2.45) is 0 Å². The van der Waals surface area contributed by atoms with Gasteiger partial charge in [-0.2, -0.15) is 0 Å². The first-order valence-electron chi connectivity index (χ1n) is 25.2. The average molecular weight is 922 g/mol. The minimum atomic E-state index is -1.07. The summed E-state index contributed by atoms with van der Waals surface area (Å²) in [4.78, 5) is 41.5. The van der Waals surface area contributed by atoms with Crippen LogP contribution in [-0.2, 0) is 16.1 Å². The van der Waals surface area contributed by atoms with Gasteiger partial charge in [-0.3, -0.25) is 14.4 Å². The second kappa shape index (κ2) is 31.0. The largest absolute Gasteiger partial charge is 0.393 e. The average Bonchev–Trinajstić information content (AvgIpc) is 3.66. The van der Waals surface area contributed by atoms with Gasteiger partial charge in [-0.05, 0) is 105 Å². The van der Waals surface area contributed by atoms with E-state index >= 15 is 0 Å². The normalized spacial score (nSPS) is 12.5. The van der Waals surface area contributed by atoms with E-state index in [1.807, 2.05) is 91.0 Å². The maximum Gasteiger partial charge on any atom is 0.258 e. The Morgan fingerprint density at radius 1 is 0.701 bits per heavy atom. The molecule has 0 radical (unpaired) electrons. The molecule has 3 aromatic carbocycles. The lowest BCUT2D eigenvalue weighted by Gasteiger charge is -2.20. The first-order chi connectivity index (χ1) is 32.5. The van der Waals surface area contributed by atoms with E-state index in [-0.39, 0.29) is 48.7 Å². The zero-order valence-corrected chi connectivity index (χ0v) is 40.9. The van der Waals surface area contributed by atoms with Crippen molar-refractivity contribution in [3.05, 3.63) is 114 Å². The van der Waals surface area contributed by atoms with Crippen molar-refractivity contribution in [2.75, 3.05) is 38.5 Å². The van der Waals surface area contributed by atoms with Crippen molar-refractivity contribution < 1.29 is 29.0 Å². The van der Waals surface area contributed by atoms with Crippen LogP contribution >= 0.6 is 0 Å². The number of aliphatic hydroxyl groups excluding tert-OH is 2. The number of hydrogen-bond acceptors (Lipinski definition) is 6. The number of unbranched alkanes of at least 4 members (excludes halogenated alkanes) is 11. The molecule has 3 amide bonds. The number of nitrogens with one attached hydrogen (secondary N) is 3. The van der Waals surface area contributed by atoms with E-state index in [0.717, 1.165) is 42.6 Å². The summed E-state index contributed by atoms with van der Waals surface area (Å²) in [6.45, 7) is 8.74. The molecule has 0 aliphatic rings. The molecule has 0 bridgehead atoms. The van der Waals surface area contributed by atoms with Crippen LogP contribution in [0.3, 0.4) is 0 Å². The van der Waals surface area contributed by atoms with Crippen molar-refractivity contribution in [3.8, 4) is 22.4 Å². The maximum absolute atomic E-state index is 14.3. The van der Waals surface area contributed by atoms with Gasteiger partial charge in [-0.15, -0.1) is 0 Å². The Kier molecular flexibility index (Phi) is 25.3. The van der Waals surface area contributed by atoms with Gasteiger partial charge in [0.25, 0.3) is 5.91 Å². The smallest absolute Gasteiger partial charge is 0.258 e. The summed E-state index contributed by atoms with van der Waals surface area (Å²) in [6.07, 6.45) is 19.2. The van der Waals surface area contributed by atoms with Crippen LogP contribution in [0, 0.1) is 5.82 Å². The summed E-state index contributed by atoms with van der Waals surface area (Å²) in [5.41, 5.74) is 4.87. The number of para-hydroxylation sites is 1. The number of amides is 3. The Balaban J connectivity index is 1.19. The summed E-state index contributed by atoms with van der Waals surface area (Å²) in [5, 5.41) is 31.1. The van der Waals surface area contributed by atoms with E-state index in [2.05, 4.69) is 35.0 Å². The Morgan fingerprint density at radius 3 is 1.88 bits per heavy atom. The highest BCUT2D eigenvalue weighted by Crippen LogP contribution is 2.42. The number of rotatable bonds is 33. The molecule has 2 atom stereocenters. The van der Waals surface area contributed by atoms with Crippen LogP contribution < -0.4 is 16.0 Å². The van der Waals surface area contributed by atoms with Crippen LogP contribution in [-0.4, -0.2) is 82.8 Å². The molecule has 0 unspecified atom stereocenters. The standard InChI is InChI=1S/C56H80FN5O5/c1-5-6-7-8-9-10-11-12-13-14-15-16-17-18-25-30-50(65)58-36-39-61(4)40-37-59-51(66)42-49(64)41-48(63)35-38-62-54(43(2)3)53(56(67)60-47-28-23-20-24-29-47)52(44-26-21-19-22-27-44)55(62)45-31-33-46(57)34-32-45/h12-13,19-24,26-29,31-34,43,48-49,63-64H,5-11,14-18,25,30,35-42H2,1-4H3,(H,58,65)(H,59,66)(H,60,67)/t48-,49-/m1/s1. The number of aliphatic hydroxyl groups is 2. The third kappa shape index (κ3) is 20.0. The summed E-state index contributed by atoms with van der Waals surface area (Å²) >= 11 is 0. The summed E-state index contributed by atoms with van der Waals surface area (Å²) in [7, 11) is 1.94. The Morgan fingerprint density at radius 2 is 1.27 bits per heavy atom. The van der Waals surface area contributed by atoms with E-state index in [1.165, 1.54) is 69.9 Å². The van der Waals surface area contributed by atoms with Crippen molar-refractivity contribution in [2.45, 2.75) is 155 Å². The topological polar surface area (TPSA) is 136 Å². The van der Waals surface area contributed by atoms with E-state index in [0.29, 0.717) is 61.5 Å². The fourth-order valence-electron chi connectivity index (χ4n) is 8.62. The van der Waals surface area contributed by atoms with Gasteiger partial charge in [0.1, 0.15) is 5.82 Å². The van der Waals surface area contributed by atoms with Gasteiger partial charge in [0.05, 0.1) is 29.9 Å².